The Kier molecular flexibility index (Phi) is 5.66. The molecular formula is C22H26N4O2. The van der Waals surface area contributed by atoms with Crippen LogP contribution in [0.25, 0.3) is 21.7 Å². The van der Waals surface area contributed by atoms with Gasteiger partial charge in [0.1, 0.15) is 18.4 Å². The van der Waals surface area contributed by atoms with Crippen LogP contribution in [0.5, 0.6) is 5.75 Å². The van der Waals surface area contributed by atoms with Crippen LogP contribution >= 0.6 is 0 Å². The third-order valence-electron chi connectivity index (χ3n) is 5.13. The summed E-state index contributed by atoms with van der Waals surface area (Å²) >= 11 is 0. The molecule has 3 rings (SSSR count). The first kappa shape index (κ1) is 19.8. The van der Waals surface area contributed by atoms with Crippen LogP contribution in [0.2, 0.25) is 0 Å². The van der Waals surface area contributed by atoms with Crippen molar-refractivity contribution in [1.82, 2.24) is 14.9 Å². The fourth-order valence-corrected chi connectivity index (χ4v) is 3.64. The number of benzene rings is 1. The molecule has 2 aromatic heterocycles. The highest BCUT2D eigenvalue weighted by molar-refractivity contribution is 6.07. The Morgan fingerprint density at radius 2 is 2.07 bits per heavy atom. The molecule has 28 heavy (non-hydrogen) atoms. The molecule has 0 aliphatic heterocycles. The quantitative estimate of drug-likeness (QED) is 0.666. The molecule has 0 fully saturated rings. The van der Waals surface area contributed by atoms with Crippen molar-refractivity contribution in [3.63, 3.8) is 0 Å². The number of rotatable bonds is 6. The highest BCUT2D eigenvalue weighted by Crippen LogP contribution is 2.30. The molecule has 0 bridgehead atoms. The molecule has 1 atom stereocenters. The largest absolute Gasteiger partial charge is 0.490 e. The monoisotopic (exact) mass is 378 g/mol. The molecule has 0 amide bonds. The average Bonchev–Trinajstić information content (AvgIpc) is 2.68. The molecule has 0 saturated carbocycles. The smallest absolute Gasteiger partial charge is 0.260 e. The Morgan fingerprint density at radius 1 is 1.32 bits per heavy atom. The van der Waals surface area contributed by atoms with Crippen molar-refractivity contribution in [2.75, 3.05) is 13.7 Å². The minimum Gasteiger partial charge on any atom is -0.490 e. The Labute approximate surface area is 164 Å². The minimum absolute atomic E-state index is 0.100. The number of aromatic nitrogens is 2. The second kappa shape index (κ2) is 7.99. The predicted molar refractivity (Wildman–Crippen MR) is 112 cm³/mol. The molecule has 0 radical (unpaired) electrons. The Bertz CT molecular complexity index is 1130. The first-order chi connectivity index (χ1) is 13.4. The molecule has 1 N–H and O–H groups in total. The Hall–Kier alpha value is -2.91. The van der Waals surface area contributed by atoms with Gasteiger partial charge in [-0.2, -0.15) is 5.26 Å². The van der Waals surface area contributed by atoms with Crippen molar-refractivity contribution >= 4 is 21.7 Å². The zero-order chi connectivity index (χ0) is 20.4. The number of likely N-dealkylation sites (N-methyl/N-ethyl adjacent to an activating group) is 1. The van der Waals surface area contributed by atoms with Gasteiger partial charge in [0.25, 0.3) is 5.56 Å². The van der Waals surface area contributed by atoms with Crippen molar-refractivity contribution in [3.8, 4) is 11.8 Å². The first-order valence-corrected chi connectivity index (χ1v) is 9.49. The van der Waals surface area contributed by atoms with E-state index in [-0.39, 0.29) is 11.6 Å². The van der Waals surface area contributed by atoms with E-state index < -0.39 is 0 Å². The van der Waals surface area contributed by atoms with E-state index in [9.17, 15) is 10.1 Å². The molecule has 2 heterocycles. The SMILES string of the molecule is CN[C@H](COc1cc2c(cc1C#N)c1ccnc(C)c1c(=O)n2C)CC(C)C. The van der Waals surface area contributed by atoms with E-state index in [0.29, 0.717) is 34.9 Å². The summed E-state index contributed by atoms with van der Waals surface area (Å²) in [6.45, 7) is 6.61. The van der Waals surface area contributed by atoms with Gasteiger partial charge in [-0.1, -0.05) is 13.8 Å². The van der Waals surface area contributed by atoms with Crippen LogP contribution in [0.1, 0.15) is 31.5 Å². The van der Waals surface area contributed by atoms with E-state index in [1.54, 1.807) is 23.9 Å². The normalized spacial score (nSPS) is 12.5. The number of hydrogen-bond acceptors (Lipinski definition) is 5. The molecule has 0 saturated heterocycles. The van der Waals surface area contributed by atoms with E-state index >= 15 is 0 Å². The maximum absolute atomic E-state index is 12.9. The highest BCUT2D eigenvalue weighted by Gasteiger charge is 2.16. The van der Waals surface area contributed by atoms with Gasteiger partial charge in [0.15, 0.2) is 0 Å². The van der Waals surface area contributed by atoms with Gasteiger partial charge >= 0.3 is 0 Å². The van der Waals surface area contributed by atoms with Crippen molar-refractivity contribution in [3.05, 3.63) is 46.0 Å². The van der Waals surface area contributed by atoms with Crippen molar-refractivity contribution in [2.45, 2.75) is 33.2 Å². The summed E-state index contributed by atoms with van der Waals surface area (Å²) in [5, 5.41) is 15.2. The topological polar surface area (TPSA) is 79.9 Å². The zero-order valence-corrected chi connectivity index (χ0v) is 17.0. The van der Waals surface area contributed by atoms with E-state index in [2.05, 4.69) is 30.2 Å². The summed E-state index contributed by atoms with van der Waals surface area (Å²) in [5.74, 6) is 1.04. The lowest BCUT2D eigenvalue weighted by atomic mass is 10.0. The fourth-order valence-electron chi connectivity index (χ4n) is 3.64. The van der Waals surface area contributed by atoms with Crippen molar-refractivity contribution in [1.29, 1.82) is 5.26 Å². The molecule has 0 aliphatic rings. The molecular weight excluding hydrogens is 352 g/mol. The fraction of sp³-hybridized carbons (Fsp3) is 0.409. The number of nitriles is 1. The molecule has 3 aromatic rings. The van der Waals surface area contributed by atoms with Crippen LogP contribution in [-0.2, 0) is 7.05 Å². The highest BCUT2D eigenvalue weighted by atomic mass is 16.5. The van der Waals surface area contributed by atoms with E-state index in [0.717, 1.165) is 22.7 Å². The van der Waals surface area contributed by atoms with Gasteiger partial charge < -0.3 is 14.6 Å². The summed E-state index contributed by atoms with van der Waals surface area (Å²) in [5.41, 5.74) is 1.78. The second-order valence-electron chi connectivity index (χ2n) is 7.59. The van der Waals surface area contributed by atoms with E-state index in [1.165, 1.54) is 0 Å². The molecule has 0 spiro atoms. The lowest BCUT2D eigenvalue weighted by Gasteiger charge is -2.20. The first-order valence-electron chi connectivity index (χ1n) is 9.49. The van der Waals surface area contributed by atoms with Gasteiger partial charge in [0.2, 0.25) is 0 Å². The Balaban J connectivity index is 2.14. The van der Waals surface area contributed by atoms with E-state index in [4.69, 9.17) is 4.74 Å². The van der Waals surface area contributed by atoms with Gasteiger partial charge in [0, 0.05) is 30.7 Å². The van der Waals surface area contributed by atoms with Crippen LogP contribution in [0, 0.1) is 24.2 Å². The minimum atomic E-state index is -0.100. The zero-order valence-electron chi connectivity index (χ0n) is 17.0. The average molecular weight is 378 g/mol. The third-order valence-corrected chi connectivity index (χ3v) is 5.13. The lowest BCUT2D eigenvalue weighted by Crippen LogP contribution is -2.33. The number of fused-ring (bicyclic) bond motifs is 3. The number of pyridine rings is 2. The molecule has 0 aliphatic carbocycles. The molecule has 1 aromatic carbocycles. The van der Waals surface area contributed by atoms with Crippen LogP contribution in [0.15, 0.2) is 29.2 Å². The maximum Gasteiger partial charge on any atom is 0.260 e. The molecule has 0 unspecified atom stereocenters. The van der Waals surface area contributed by atoms with E-state index in [1.807, 2.05) is 26.1 Å². The number of nitrogens with one attached hydrogen (secondary N) is 1. The predicted octanol–water partition coefficient (Wildman–Crippen LogP) is 3.28. The van der Waals surface area contributed by atoms with Crippen LogP contribution in [-0.4, -0.2) is 29.2 Å². The number of aryl methyl sites for hydroxylation is 2. The van der Waals surface area contributed by atoms with Crippen molar-refractivity contribution in [2.24, 2.45) is 13.0 Å². The molecule has 6 heteroatoms. The summed E-state index contributed by atoms with van der Waals surface area (Å²) in [6.07, 6.45) is 2.66. The lowest BCUT2D eigenvalue weighted by molar-refractivity contribution is 0.251. The number of ether oxygens (including phenoxy) is 1. The maximum atomic E-state index is 12.9. The van der Waals surface area contributed by atoms with Gasteiger partial charge in [-0.25, -0.2) is 0 Å². The van der Waals surface area contributed by atoms with Gasteiger partial charge in [0.05, 0.1) is 22.2 Å². The summed E-state index contributed by atoms with van der Waals surface area (Å²) in [6, 6.07) is 7.86. The van der Waals surface area contributed by atoms with Crippen LogP contribution in [0.3, 0.4) is 0 Å². The van der Waals surface area contributed by atoms with Crippen LogP contribution < -0.4 is 15.6 Å². The third kappa shape index (κ3) is 3.58. The van der Waals surface area contributed by atoms with Crippen LogP contribution in [0.4, 0.5) is 0 Å². The van der Waals surface area contributed by atoms with Gasteiger partial charge in [-0.3, -0.25) is 9.78 Å². The number of hydrogen-bond donors (Lipinski definition) is 1. The molecule has 6 nitrogen and oxygen atoms in total. The number of nitrogens with zero attached hydrogens (tertiary/aromatic N) is 3. The van der Waals surface area contributed by atoms with Gasteiger partial charge in [-0.15, -0.1) is 0 Å². The standard InChI is InChI=1S/C22H26N4O2/c1-13(2)8-16(24-4)12-28-20-10-19-18(9-15(20)11-23)17-6-7-25-14(3)21(17)22(27)26(19)5/h6-7,9-10,13,16,24H,8,12H2,1-5H3/t16-/m0/s1. The molecule has 146 valence electrons. The van der Waals surface area contributed by atoms with Crippen molar-refractivity contribution < 1.29 is 4.74 Å². The summed E-state index contributed by atoms with van der Waals surface area (Å²) in [4.78, 5) is 17.1. The summed E-state index contributed by atoms with van der Waals surface area (Å²) in [7, 11) is 3.65. The summed E-state index contributed by atoms with van der Waals surface area (Å²) < 4.78 is 7.61. The van der Waals surface area contributed by atoms with Gasteiger partial charge in [-0.05, 0) is 43.8 Å². The Morgan fingerprint density at radius 3 is 2.71 bits per heavy atom. The second-order valence-corrected chi connectivity index (χ2v) is 7.59.